The lowest BCUT2D eigenvalue weighted by atomic mass is 10.0. The lowest BCUT2D eigenvalue weighted by Gasteiger charge is -2.01. The number of Topliss-reactive ketones (excluding diaryl/α,β-unsaturated/α-hetero) is 1. The van der Waals surface area contributed by atoms with Crippen LogP contribution in [0.5, 0.6) is 0 Å². The second-order valence-electron chi connectivity index (χ2n) is 2.86. The molecule has 0 aliphatic carbocycles. The number of carbonyl (C=O) groups is 2. The number of benzene rings is 1. The first-order chi connectivity index (χ1) is 6.02. The van der Waals surface area contributed by atoms with Gasteiger partial charge in [0.15, 0.2) is 5.78 Å². The van der Waals surface area contributed by atoms with Crippen molar-refractivity contribution in [1.29, 1.82) is 0 Å². The number of rotatable bonds is 2. The molecular formula is C10H9ClO2. The van der Waals surface area contributed by atoms with E-state index in [0.29, 0.717) is 11.1 Å². The quantitative estimate of drug-likeness (QED) is 0.538. The van der Waals surface area contributed by atoms with Crippen LogP contribution in [-0.2, 0) is 0 Å². The van der Waals surface area contributed by atoms with Crippen LogP contribution in [0, 0.1) is 6.92 Å². The molecule has 0 spiro atoms. The van der Waals surface area contributed by atoms with Crippen molar-refractivity contribution in [1.82, 2.24) is 0 Å². The van der Waals surface area contributed by atoms with Crippen LogP contribution in [0.1, 0.15) is 33.2 Å². The van der Waals surface area contributed by atoms with Gasteiger partial charge in [-0.2, -0.15) is 0 Å². The van der Waals surface area contributed by atoms with Crippen LogP contribution < -0.4 is 0 Å². The summed E-state index contributed by atoms with van der Waals surface area (Å²) in [6.45, 7) is 3.24. The lowest BCUT2D eigenvalue weighted by molar-refractivity contribution is 0.101. The number of ketones is 1. The number of hydrogen-bond donors (Lipinski definition) is 0. The highest BCUT2D eigenvalue weighted by atomic mass is 35.5. The Labute approximate surface area is 81.5 Å². The third-order valence-electron chi connectivity index (χ3n) is 1.84. The van der Waals surface area contributed by atoms with Crippen LogP contribution in [0.2, 0.25) is 0 Å². The zero-order valence-electron chi connectivity index (χ0n) is 7.43. The third kappa shape index (κ3) is 2.16. The average Bonchev–Trinajstić information content (AvgIpc) is 2.03. The molecule has 0 aliphatic heterocycles. The van der Waals surface area contributed by atoms with Gasteiger partial charge >= 0.3 is 0 Å². The maximum atomic E-state index is 11.0. The molecule has 3 heteroatoms. The minimum atomic E-state index is -0.493. The molecule has 1 aromatic carbocycles. The van der Waals surface area contributed by atoms with Gasteiger partial charge in [-0.3, -0.25) is 9.59 Å². The van der Waals surface area contributed by atoms with Gasteiger partial charge in [0, 0.05) is 11.1 Å². The van der Waals surface area contributed by atoms with Gasteiger partial charge in [0.2, 0.25) is 0 Å². The van der Waals surface area contributed by atoms with Gasteiger partial charge in [-0.05, 0) is 43.1 Å². The highest BCUT2D eigenvalue weighted by Gasteiger charge is 2.07. The predicted molar refractivity (Wildman–Crippen MR) is 51.4 cm³/mol. The molecule has 0 unspecified atom stereocenters. The first kappa shape index (κ1) is 9.93. The van der Waals surface area contributed by atoms with Gasteiger partial charge in [0.1, 0.15) is 0 Å². The highest BCUT2D eigenvalue weighted by Crippen LogP contribution is 2.13. The summed E-state index contributed by atoms with van der Waals surface area (Å²) in [5.41, 5.74) is 1.78. The monoisotopic (exact) mass is 196 g/mol. The van der Waals surface area contributed by atoms with Gasteiger partial charge in [0.25, 0.3) is 5.24 Å². The Morgan fingerprint density at radius 2 is 1.92 bits per heavy atom. The molecule has 1 rings (SSSR count). The van der Waals surface area contributed by atoms with Crippen molar-refractivity contribution in [3.05, 3.63) is 34.9 Å². The van der Waals surface area contributed by atoms with Gasteiger partial charge in [-0.15, -0.1) is 0 Å². The molecule has 0 fully saturated rings. The Bertz CT molecular complexity index is 369. The van der Waals surface area contributed by atoms with Crippen molar-refractivity contribution in [3.63, 3.8) is 0 Å². The normalized spacial score (nSPS) is 9.77. The predicted octanol–water partition coefficient (Wildman–Crippen LogP) is 2.58. The van der Waals surface area contributed by atoms with Crippen molar-refractivity contribution < 1.29 is 9.59 Å². The van der Waals surface area contributed by atoms with Crippen molar-refractivity contribution in [2.24, 2.45) is 0 Å². The number of aryl methyl sites for hydroxylation is 1. The molecule has 0 N–H and O–H groups in total. The van der Waals surface area contributed by atoms with E-state index in [-0.39, 0.29) is 5.78 Å². The van der Waals surface area contributed by atoms with E-state index in [1.165, 1.54) is 6.92 Å². The average molecular weight is 197 g/mol. The molecule has 0 heterocycles. The zero-order chi connectivity index (χ0) is 10.0. The molecule has 2 nitrogen and oxygen atoms in total. The van der Waals surface area contributed by atoms with Crippen molar-refractivity contribution in [2.45, 2.75) is 13.8 Å². The molecule has 0 atom stereocenters. The summed E-state index contributed by atoms with van der Waals surface area (Å²) in [6, 6.07) is 4.84. The van der Waals surface area contributed by atoms with Crippen LogP contribution in [0.15, 0.2) is 18.2 Å². The molecule has 0 aromatic heterocycles. The summed E-state index contributed by atoms with van der Waals surface area (Å²) >= 11 is 5.32. The van der Waals surface area contributed by atoms with E-state index >= 15 is 0 Å². The summed E-state index contributed by atoms with van der Waals surface area (Å²) in [7, 11) is 0. The van der Waals surface area contributed by atoms with E-state index in [0.717, 1.165) is 5.56 Å². The smallest absolute Gasteiger partial charge is 0.252 e. The fourth-order valence-corrected chi connectivity index (χ4v) is 1.32. The van der Waals surface area contributed by atoms with E-state index < -0.39 is 5.24 Å². The second-order valence-corrected chi connectivity index (χ2v) is 3.20. The van der Waals surface area contributed by atoms with E-state index in [1.807, 2.05) is 0 Å². The van der Waals surface area contributed by atoms with E-state index in [9.17, 15) is 9.59 Å². The minimum Gasteiger partial charge on any atom is -0.295 e. The SMILES string of the molecule is CC(=O)c1ccc(C(=O)Cl)c(C)c1. The first-order valence-corrected chi connectivity index (χ1v) is 4.21. The number of halogens is 1. The van der Waals surface area contributed by atoms with E-state index in [2.05, 4.69) is 0 Å². The first-order valence-electron chi connectivity index (χ1n) is 3.84. The fourth-order valence-electron chi connectivity index (χ4n) is 1.10. The third-order valence-corrected chi connectivity index (χ3v) is 2.05. The van der Waals surface area contributed by atoms with Crippen molar-refractivity contribution >= 4 is 22.6 Å². The number of carbonyl (C=O) groups excluding carboxylic acids is 2. The maximum Gasteiger partial charge on any atom is 0.252 e. The molecule has 0 radical (unpaired) electrons. The summed E-state index contributed by atoms with van der Waals surface area (Å²) in [5.74, 6) is -0.0170. The molecule has 0 saturated carbocycles. The fraction of sp³-hybridized carbons (Fsp3) is 0.200. The Balaban J connectivity index is 3.20. The zero-order valence-corrected chi connectivity index (χ0v) is 8.18. The second kappa shape index (κ2) is 3.71. The number of hydrogen-bond acceptors (Lipinski definition) is 2. The molecule has 13 heavy (non-hydrogen) atoms. The topological polar surface area (TPSA) is 34.1 Å². The Hall–Kier alpha value is -1.15. The molecule has 1 aromatic rings. The maximum absolute atomic E-state index is 11.0. The van der Waals surface area contributed by atoms with Crippen molar-refractivity contribution in [2.75, 3.05) is 0 Å². The van der Waals surface area contributed by atoms with Crippen LogP contribution in [0.4, 0.5) is 0 Å². The largest absolute Gasteiger partial charge is 0.295 e. The summed E-state index contributed by atoms with van der Waals surface area (Å²) in [6.07, 6.45) is 0. The molecule has 0 bridgehead atoms. The summed E-state index contributed by atoms with van der Waals surface area (Å²) in [5, 5.41) is -0.493. The van der Waals surface area contributed by atoms with E-state index in [1.54, 1.807) is 25.1 Å². The molecule has 0 amide bonds. The van der Waals surface area contributed by atoms with Crippen LogP contribution in [-0.4, -0.2) is 11.0 Å². The highest BCUT2D eigenvalue weighted by molar-refractivity contribution is 6.67. The lowest BCUT2D eigenvalue weighted by Crippen LogP contribution is -1.98. The van der Waals surface area contributed by atoms with Crippen molar-refractivity contribution in [3.8, 4) is 0 Å². The summed E-state index contributed by atoms with van der Waals surface area (Å²) < 4.78 is 0. The van der Waals surface area contributed by atoms with Gasteiger partial charge in [-0.25, -0.2) is 0 Å². The Kier molecular flexibility index (Phi) is 2.83. The molecular weight excluding hydrogens is 188 g/mol. The minimum absolute atomic E-state index is 0.0170. The summed E-state index contributed by atoms with van der Waals surface area (Å²) in [4.78, 5) is 21.8. The Morgan fingerprint density at radius 3 is 2.31 bits per heavy atom. The van der Waals surface area contributed by atoms with Crippen LogP contribution in [0.3, 0.4) is 0 Å². The molecule has 0 saturated heterocycles. The van der Waals surface area contributed by atoms with Gasteiger partial charge in [-0.1, -0.05) is 6.07 Å². The standard InChI is InChI=1S/C10H9ClO2/c1-6-5-8(7(2)12)3-4-9(6)10(11)13/h3-5H,1-2H3. The molecule has 0 aliphatic rings. The van der Waals surface area contributed by atoms with Crippen LogP contribution >= 0.6 is 11.6 Å². The Morgan fingerprint density at radius 1 is 1.31 bits per heavy atom. The van der Waals surface area contributed by atoms with Gasteiger partial charge < -0.3 is 0 Å². The van der Waals surface area contributed by atoms with Crippen LogP contribution in [0.25, 0.3) is 0 Å². The molecule has 68 valence electrons. The van der Waals surface area contributed by atoms with E-state index in [4.69, 9.17) is 11.6 Å². The van der Waals surface area contributed by atoms with Gasteiger partial charge in [0.05, 0.1) is 0 Å².